The summed E-state index contributed by atoms with van der Waals surface area (Å²) in [6.45, 7) is 1.54. The Morgan fingerprint density at radius 1 is 1.17 bits per heavy atom. The summed E-state index contributed by atoms with van der Waals surface area (Å²) >= 11 is 6.33. The average Bonchev–Trinajstić information content (AvgIpc) is 3.17. The molecule has 0 aliphatic heterocycles. The fourth-order valence-corrected chi connectivity index (χ4v) is 3.10. The molecule has 8 nitrogen and oxygen atoms in total. The van der Waals surface area contributed by atoms with E-state index in [4.69, 9.17) is 11.6 Å². The van der Waals surface area contributed by atoms with Crippen LogP contribution in [0.1, 0.15) is 21.6 Å². The van der Waals surface area contributed by atoms with Crippen molar-refractivity contribution in [3.63, 3.8) is 0 Å². The van der Waals surface area contributed by atoms with Crippen molar-refractivity contribution >= 4 is 17.4 Å². The topological polar surface area (TPSA) is 99.3 Å². The van der Waals surface area contributed by atoms with Gasteiger partial charge in [-0.2, -0.15) is 4.80 Å². The van der Waals surface area contributed by atoms with Gasteiger partial charge in [0.25, 0.3) is 0 Å². The summed E-state index contributed by atoms with van der Waals surface area (Å²) in [5.41, 5.74) is 2.87. The van der Waals surface area contributed by atoms with Crippen molar-refractivity contribution in [1.29, 1.82) is 0 Å². The summed E-state index contributed by atoms with van der Waals surface area (Å²) in [5.74, 6) is -0.339. The van der Waals surface area contributed by atoms with Gasteiger partial charge in [0.05, 0.1) is 42.3 Å². The number of rotatable bonds is 5. The molecule has 4 rings (SSSR count). The zero-order valence-corrected chi connectivity index (χ0v) is 16.8. The molecule has 0 radical (unpaired) electrons. The molecule has 0 saturated carbocycles. The highest BCUT2D eigenvalue weighted by molar-refractivity contribution is 6.33. The summed E-state index contributed by atoms with van der Waals surface area (Å²) < 4.78 is 13.6. The molecule has 0 spiro atoms. The van der Waals surface area contributed by atoms with Gasteiger partial charge >= 0.3 is 0 Å². The van der Waals surface area contributed by atoms with Crippen LogP contribution in [0.3, 0.4) is 0 Å². The number of hydrogen-bond donors (Lipinski definition) is 0. The highest BCUT2D eigenvalue weighted by Crippen LogP contribution is 2.30. The molecule has 0 aliphatic carbocycles. The summed E-state index contributed by atoms with van der Waals surface area (Å²) in [7, 11) is 1.68. The molecular formula is C20H15ClFN7O. The predicted octanol–water partition coefficient (Wildman–Crippen LogP) is 3.26. The summed E-state index contributed by atoms with van der Waals surface area (Å²) in [6, 6.07) is 5.32. The summed E-state index contributed by atoms with van der Waals surface area (Å²) in [4.78, 5) is 26.3. The molecule has 0 amide bonds. The molecule has 0 saturated heterocycles. The van der Waals surface area contributed by atoms with E-state index in [9.17, 15) is 9.18 Å². The van der Waals surface area contributed by atoms with Crippen molar-refractivity contribution in [3.05, 3.63) is 70.6 Å². The molecule has 4 aromatic rings. The number of pyridine rings is 1. The second-order valence-electron chi connectivity index (χ2n) is 6.58. The second kappa shape index (κ2) is 8.03. The highest BCUT2D eigenvalue weighted by atomic mass is 35.5. The lowest BCUT2D eigenvalue weighted by Crippen LogP contribution is -2.09. The molecule has 0 unspecified atom stereocenters. The predicted molar refractivity (Wildman–Crippen MR) is 107 cm³/mol. The van der Waals surface area contributed by atoms with Gasteiger partial charge in [0.1, 0.15) is 5.82 Å². The number of ketones is 1. The normalized spacial score (nSPS) is 10.9. The number of tetrazole rings is 1. The van der Waals surface area contributed by atoms with Gasteiger partial charge in [0.2, 0.25) is 5.82 Å². The van der Waals surface area contributed by atoms with E-state index in [1.807, 2.05) is 0 Å². The van der Waals surface area contributed by atoms with E-state index in [-0.39, 0.29) is 23.3 Å². The van der Waals surface area contributed by atoms with Crippen molar-refractivity contribution < 1.29 is 9.18 Å². The monoisotopic (exact) mass is 423 g/mol. The van der Waals surface area contributed by atoms with Gasteiger partial charge in [-0.05, 0) is 35.9 Å². The molecule has 0 bridgehead atoms. The van der Waals surface area contributed by atoms with Crippen LogP contribution < -0.4 is 0 Å². The largest absolute Gasteiger partial charge is 0.294 e. The second-order valence-corrected chi connectivity index (χ2v) is 6.99. The Kier molecular flexibility index (Phi) is 5.28. The smallest absolute Gasteiger partial charge is 0.204 e. The number of aromatic nitrogens is 7. The van der Waals surface area contributed by atoms with Crippen LogP contribution in [0.15, 0.2) is 43.0 Å². The van der Waals surface area contributed by atoms with Crippen molar-refractivity contribution in [3.8, 4) is 22.6 Å². The lowest BCUT2D eigenvalue weighted by Gasteiger charge is -2.07. The van der Waals surface area contributed by atoms with E-state index in [1.54, 1.807) is 32.2 Å². The number of halogens is 2. The number of hydrogen-bond acceptors (Lipinski definition) is 7. The maximum absolute atomic E-state index is 13.6. The number of carbonyl (C=O) groups excluding carboxylic acids is 1. The Morgan fingerprint density at radius 2 is 2.00 bits per heavy atom. The maximum atomic E-state index is 13.6. The first-order valence-corrected chi connectivity index (χ1v) is 9.28. The van der Waals surface area contributed by atoms with Gasteiger partial charge in [0.15, 0.2) is 5.78 Å². The van der Waals surface area contributed by atoms with Crippen molar-refractivity contribution in [2.24, 2.45) is 7.05 Å². The Labute approximate surface area is 175 Å². The zero-order valence-electron chi connectivity index (χ0n) is 16.0. The van der Waals surface area contributed by atoms with Gasteiger partial charge in [-0.3, -0.25) is 19.7 Å². The molecule has 0 N–H and O–H groups in total. The van der Waals surface area contributed by atoms with Gasteiger partial charge in [-0.25, -0.2) is 4.39 Å². The first-order chi connectivity index (χ1) is 14.4. The van der Waals surface area contributed by atoms with Crippen LogP contribution in [0.2, 0.25) is 5.02 Å². The van der Waals surface area contributed by atoms with Crippen molar-refractivity contribution in [2.45, 2.75) is 13.3 Å². The third-order valence-corrected chi connectivity index (χ3v) is 4.84. The quantitative estimate of drug-likeness (QED) is 0.454. The molecule has 150 valence electrons. The van der Waals surface area contributed by atoms with Crippen LogP contribution in [-0.4, -0.2) is 40.9 Å². The van der Waals surface area contributed by atoms with Crippen LogP contribution in [0.25, 0.3) is 22.6 Å². The number of Topliss-reactive ketones (excluding diaryl/α,β-unsaturated/α-hetero) is 1. The number of benzene rings is 1. The summed E-state index contributed by atoms with van der Waals surface area (Å²) in [5, 5.41) is 12.5. The molecule has 10 heteroatoms. The third-order valence-electron chi connectivity index (χ3n) is 4.51. The maximum Gasteiger partial charge on any atom is 0.204 e. The summed E-state index contributed by atoms with van der Waals surface area (Å²) in [6.07, 6.45) is 5.45. The van der Waals surface area contributed by atoms with E-state index in [2.05, 4.69) is 30.4 Å². The molecule has 3 aromatic heterocycles. The lowest BCUT2D eigenvalue weighted by molar-refractivity contribution is 0.0990. The van der Waals surface area contributed by atoms with Gasteiger partial charge < -0.3 is 0 Å². The first kappa shape index (κ1) is 19.7. The van der Waals surface area contributed by atoms with E-state index in [1.165, 1.54) is 23.4 Å². The van der Waals surface area contributed by atoms with Gasteiger partial charge in [-0.1, -0.05) is 11.6 Å². The van der Waals surface area contributed by atoms with E-state index < -0.39 is 5.82 Å². The Morgan fingerprint density at radius 3 is 2.70 bits per heavy atom. The Balaban J connectivity index is 1.58. The fraction of sp³-hybridized carbons (Fsp3) is 0.150. The van der Waals surface area contributed by atoms with Crippen LogP contribution in [-0.2, 0) is 13.5 Å². The highest BCUT2D eigenvalue weighted by Gasteiger charge is 2.15. The van der Waals surface area contributed by atoms with Crippen LogP contribution >= 0.6 is 11.6 Å². The Hall–Kier alpha value is -3.59. The molecule has 30 heavy (non-hydrogen) atoms. The van der Waals surface area contributed by atoms with Crippen LogP contribution in [0.5, 0.6) is 0 Å². The van der Waals surface area contributed by atoms with Gasteiger partial charge in [0, 0.05) is 29.1 Å². The molecule has 3 heterocycles. The van der Waals surface area contributed by atoms with Crippen LogP contribution in [0.4, 0.5) is 4.39 Å². The standard InChI is InChI=1S/C20H15ClFN7O/c1-11-15(8-23-9-17(11)22)19(30)6-13-7-25-18(10-24-13)14-5-12(3-4-16(14)21)20-26-28-29(2)27-20/h3-5,7-10H,6H2,1-2H3. The molecule has 0 aliphatic rings. The van der Waals surface area contributed by atoms with Crippen molar-refractivity contribution in [2.75, 3.05) is 0 Å². The Bertz CT molecular complexity index is 1240. The first-order valence-electron chi connectivity index (χ1n) is 8.91. The number of aryl methyl sites for hydroxylation is 1. The van der Waals surface area contributed by atoms with Crippen molar-refractivity contribution in [1.82, 2.24) is 35.2 Å². The number of carbonyl (C=O) groups is 1. The SMILES string of the molecule is Cc1c(F)cncc1C(=O)Cc1cnc(-c2cc(-c3nnn(C)n3)ccc2Cl)cn1. The molecular weight excluding hydrogens is 409 g/mol. The zero-order chi connectivity index (χ0) is 21.3. The van der Waals surface area contributed by atoms with Gasteiger partial charge in [-0.15, -0.1) is 10.2 Å². The minimum atomic E-state index is -0.519. The molecule has 0 atom stereocenters. The minimum Gasteiger partial charge on any atom is -0.294 e. The minimum absolute atomic E-state index is 0.0173. The number of nitrogens with zero attached hydrogens (tertiary/aromatic N) is 7. The van der Waals surface area contributed by atoms with E-state index >= 15 is 0 Å². The van der Waals surface area contributed by atoms with E-state index in [0.717, 1.165) is 11.8 Å². The lowest BCUT2D eigenvalue weighted by atomic mass is 10.0. The third kappa shape index (κ3) is 3.92. The van der Waals surface area contributed by atoms with Crippen LogP contribution in [0, 0.1) is 12.7 Å². The average molecular weight is 424 g/mol. The molecule has 1 aromatic carbocycles. The van der Waals surface area contributed by atoms with E-state index in [0.29, 0.717) is 27.8 Å². The fourth-order valence-electron chi connectivity index (χ4n) is 2.89. The molecule has 0 fully saturated rings.